The maximum atomic E-state index is 6.61. The van der Waals surface area contributed by atoms with Gasteiger partial charge in [0.1, 0.15) is 0 Å². The van der Waals surface area contributed by atoms with Gasteiger partial charge in [-0.15, -0.1) is 0 Å². The van der Waals surface area contributed by atoms with E-state index in [-0.39, 0.29) is 11.1 Å². The van der Waals surface area contributed by atoms with E-state index in [1.54, 1.807) is 6.20 Å². The molecule has 0 aromatic carbocycles. The molecule has 0 bridgehead atoms. The summed E-state index contributed by atoms with van der Waals surface area (Å²) in [5, 5.41) is 0.234. The second-order valence-corrected chi connectivity index (χ2v) is 12.9. The van der Waals surface area contributed by atoms with Crippen LogP contribution in [-0.4, -0.2) is 19.4 Å². The van der Waals surface area contributed by atoms with Gasteiger partial charge in [0, 0.05) is 11.8 Å². The summed E-state index contributed by atoms with van der Waals surface area (Å²) in [7, 11) is -1.75. The van der Waals surface area contributed by atoms with E-state index < -0.39 is 8.32 Å². The number of nitrogen functional groups attached to an aromatic ring is 1. The molecule has 1 aliphatic rings. The van der Waals surface area contributed by atoms with Crippen molar-refractivity contribution >= 4 is 19.6 Å². The maximum Gasteiger partial charge on any atom is 0.192 e. The Balaban J connectivity index is 2.27. The summed E-state index contributed by atoms with van der Waals surface area (Å²) in [6, 6.07) is 2.02. The van der Waals surface area contributed by atoms with Crippen molar-refractivity contribution in [2.24, 2.45) is 5.92 Å². The highest BCUT2D eigenvalue weighted by Crippen LogP contribution is 2.40. The van der Waals surface area contributed by atoms with Crippen molar-refractivity contribution in [3.05, 3.63) is 30.1 Å². The average Bonchev–Trinajstić information content (AvgIpc) is 2.36. The van der Waals surface area contributed by atoms with Gasteiger partial charge < -0.3 is 10.2 Å². The summed E-state index contributed by atoms with van der Waals surface area (Å²) in [5.41, 5.74) is 9.29. The van der Waals surface area contributed by atoms with Crippen LogP contribution in [0.1, 0.15) is 46.1 Å². The van der Waals surface area contributed by atoms with E-state index in [2.05, 4.69) is 51.8 Å². The molecule has 0 saturated heterocycles. The predicted octanol–water partition coefficient (Wildman–Crippen LogP) is 4.87. The van der Waals surface area contributed by atoms with Gasteiger partial charge in [-0.25, -0.2) is 0 Å². The minimum absolute atomic E-state index is 0.201. The average molecular weight is 319 g/mol. The summed E-state index contributed by atoms with van der Waals surface area (Å²) in [5.74, 6) is 0.613. The van der Waals surface area contributed by atoms with E-state index in [9.17, 15) is 0 Å². The number of nitrogens with two attached hydrogens (primary N) is 1. The Bertz CT molecular complexity index is 560. The number of anilines is 1. The molecule has 3 nitrogen and oxygen atoms in total. The lowest BCUT2D eigenvalue weighted by Crippen LogP contribution is -2.44. The highest BCUT2D eigenvalue weighted by Gasteiger charge is 2.39. The second kappa shape index (κ2) is 6.17. The SMILES string of the molecule is C[C@H]1CC(c2ccncc2N)=C[C@@H](O[Si](C)(C)C(C)(C)C)C1. The Labute approximate surface area is 136 Å². The van der Waals surface area contributed by atoms with Crippen molar-refractivity contribution in [3.8, 4) is 0 Å². The highest BCUT2D eigenvalue weighted by atomic mass is 28.4. The molecule has 0 saturated carbocycles. The van der Waals surface area contributed by atoms with Gasteiger partial charge in [0.2, 0.25) is 0 Å². The Morgan fingerprint density at radius 3 is 2.59 bits per heavy atom. The van der Waals surface area contributed by atoms with Crippen LogP contribution in [0.25, 0.3) is 5.57 Å². The molecule has 2 atom stereocenters. The van der Waals surface area contributed by atoms with E-state index in [0.29, 0.717) is 5.92 Å². The van der Waals surface area contributed by atoms with E-state index in [1.807, 2.05) is 12.3 Å². The van der Waals surface area contributed by atoms with Gasteiger partial charge in [-0.2, -0.15) is 0 Å². The number of rotatable bonds is 3. The molecule has 4 heteroatoms. The lowest BCUT2D eigenvalue weighted by Gasteiger charge is -2.40. The van der Waals surface area contributed by atoms with Gasteiger partial charge in [0.15, 0.2) is 8.32 Å². The number of allylic oxidation sites excluding steroid dienone is 1. The third kappa shape index (κ3) is 3.79. The Kier molecular flexibility index (Phi) is 4.83. The number of pyridine rings is 1. The Morgan fingerprint density at radius 2 is 2.00 bits per heavy atom. The fourth-order valence-corrected chi connectivity index (χ4v) is 4.03. The molecule has 22 heavy (non-hydrogen) atoms. The fraction of sp³-hybridized carbons (Fsp3) is 0.611. The molecule has 2 N–H and O–H groups in total. The quantitative estimate of drug-likeness (QED) is 0.809. The molecule has 0 radical (unpaired) electrons. The molecular formula is C18H30N2OSi. The van der Waals surface area contributed by atoms with Gasteiger partial charge in [0.05, 0.1) is 18.0 Å². The van der Waals surface area contributed by atoms with Crippen molar-refractivity contribution < 1.29 is 4.43 Å². The third-order valence-corrected chi connectivity index (χ3v) is 9.54. The zero-order valence-corrected chi connectivity index (χ0v) is 15.8. The maximum absolute atomic E-state index is 6.61. The van der Waals surface area contributed by atoms with Crippen molar-refractivity contribution in [3.63, 3.8) is 0 Å². The zero-order valence-electron chi connectivity index (χ0n) is 14.8. The Morgan fingerprint density at radius 1 is 1.32 bits per heavy atom. The standard InChI is InChI=1S/C18H30N2OSi/c1-13-9-14(16-7-8-20-12-17(16)19)11-15(10-13)21-22(5,6)18(2,3)4/h7-8,11-13,15H,9-10,19H2,1-6H3/t13-,15-/m0/s1. The number of nitrogens with zero attached hydrogens (tertiary/aromatic N) is 1. The van der Waals surface area contributed by atoms with Gasteiger partial charge in [-0.3, -0.25) is 4.98 Å². The minimum atomic E-state index is -1.75. The van der Waals surface area contributed by atoms with E-state index in [0.717, 1.165) is 24.1 Å². The summed E-state index contributed by atoms with van der Waals surface area (Å²) in [6.07, 6.45) is 8.21. The van der Waals surface area contributed by atoms with Crippen molar-refractivity contribution in [2.45, 2.75) is 64.8 Å². The largest absolute Gasteiger partial charge is 0.411 e. The highest BCUT2D eigenvalue weighted by molar-refractivity contribution is 6.74. The molecule has 2 rings (SSSR count). The van der Waals surface area contributed by atoms with Gasteiger partial charge in [-0.1, -0.05) is 33.8 Å². The lowest BCUT2D eigenvalue weighted by atomic mass is 9.85. The lowest BCUT2D eigenvalue weighted by molar-refractivity contribution is 0.190. The van der Waals surface area contributed by atoms with Crippen LogP contribution in [0.3, 0.4) is 0 Å². The van der Waals surface area contributed by atoms with Crippen LogP contribution >= 0.6 is 0 Å². The van der Waals surface area contributed by atoms with E-state index >= 15 is 0 Å². The summed E-state index contributed by atoms with van der Waals surface area (Å²) in [4.78, 5) is 4.09. The summed E-state index contributed by atoms with van der Waals surface area (Å²) in [6.45, 7) is 13.8. The number of aromatic nitrogens is 1. The van der Waals surface area contributed by atoms with Crippen LogP contribution in [0.2, 0.25) is 18.1 Å². The summed E-state index contributed by atoms with van der Waals surface area (Å²) < 4.78 is 6.61. The summed E-state index contributed by atoms with van der Waals surface area (Å²) >= 11 is 0. The zero-order chi connectivity index (χ0) is 16.5. The van der Waals surface area contributed by atoms with Crippen LogP contribution in [0.5, 0.6) is 0 Å². The topological polar surface area (TPSA) is 48.1 Å². The number of hydrogen-bond acceptors (Lipinski definition) is 3. The van der Waals surface area contributed by atoms with Gasteiger partial charge in [-0.05, 0) is 48.5 Å². The second-order valence-electron chi connectivity index (χ2n) is 8.12. The first-order chi connectivity index (χ1) is 10.1. The molecule has 0 spiro atoms. The molecule has 0 amide bonds. The molecule has 1 heterocycles. The van der Waals surface area contributed by atoms with E-state index in [4.69, 9.17) is 10.2 Å². The molecule has 0 fully saturated rings. The third-order valence-electron chi connectivity index (χ3n) is 5.04. The first-order valence-corrected chi connectivity index (χ1v) is 11.1. The van der Waals surface area contributed by atoms with Crippen LogP contribution in [-0.2, 0) is 4.43 Å². The minimum Gasteiger partial charge on any atom is -0.411 e. The molecule has 1 aromatic rings. The predicted molar refractivity (Wildman–Crippen MR) is 97.1 cm³/mol. The molecule has 0 aliphatic heterocycles. The van der Waals surface area contributed by atoms with Gasteiger partial charge >= 0.3 is 0 Å². The molecular weight excluding hydrogens is 288 g/mol. The fourth-order valence-electron chi connectivity index (χ4n) is 2.75. The first-order valence-electron chi connectivity index (χ1n) is 8.18. The van der Waals surface area contributed by atoms with Crippen LogP contribution in [0, 0.1) is 5.92 Å². The van der Waals surface area contributed by atoms with Gasteiger partial charge in [0.25, 0.3) is 0 Å². The van der Waals surface area contributed by atoms with Crippen LogP contribution in [0.4, 0.5) is 5.69 Å². The van der Waals surface area contributed by atoms with E-state index in [1.165, 1.54) is 5.57 Å². The van der Waals surface area contributed by atoms with Crippen LogP contribution in [0.15, 0.2) is 24.5 Å². The Hall–Kier alpha value is -1.13. The molecule has 0 unspecified atom stereocenters. The number of hydrogen-bond donors (Lipinski definition) is 1. The first kappa shape index (κ1) is 17.2. The van der Waals surface area contributed by atoms with Crippen molar-refractivity contribution in [1.82, 2.24) is 4.98 Å². The van der Waals surface area contributed by atoms with Crippen molar-refractivity contribution in [2.75, 3.05) is 5.73 Å². The molecule has 1 aromatic heterocycles. The smallest absolute Gasteiger partial charge is 0.192 e. The molecule has 122 valence electrons. The normalized spacial score (nSPS) is 23.3. The van der Waals surface area contributed by atoms with Crippen LogP contribution < -0.4 is 5.73 Å². The van der Waals surface area contributed by atoms with Crippen molar-refractivity contribution in [1.29, 1.82) is 0 Å². The monoisotopic (exact) mass is 318 g/mol. The molecule has 1 aliphatic carbocycles.